The third-order valence-corrected chi connectivity index (χ3v) is 3.21. The summed E-state index contributed by atoms with van der Waals surface area (Å²) in [6, 6.07) is 8.18. The molecule has 0 atom stereocenters. The Labute approximate surface area is 101 Å². The molecule has 0 aliphatic carbocycles. The molecule has 0 aliphatic rings. The van der Waals surface area contributed by atoms with Crippen LogP contribution in [0.25, 0.3) is 0 Å². The fraction of sp³-hybridized carbons (Fsp3) is 0.333. The van der Waals surface area contributed by atoms with E-state index in [1.165, 1.54) is 0 Å². The predicted octanol–water partition coefficient (Wildman–Crippen LogP) is 3.55. The van der Waals surface area contributed by atoms with E-state index in [1.807, 2.05) is 18.3 Å². The maximum absolute atomic E-state index is 5.33. The normalized spacial score (nSPS) is 11.2. The molecule has 1 aromatic carbocycles. The maximum atomic E-state index is 5.33. The van der Waals surface area contributed by atoms with E-state index in [9.17, 15) is 0 Å². The zero-order chi connectivity index (χ0) is 11.3. The highest BCUT2D eigenvalue weighted by Crippen LogP contribution is 2.18. The van der Waals surface area contributed by atoms with Crippen molar-refractivity contribution in [2.45, 2.75) is 19.1 Å². The summed E-state index contributed by atoms with van der Waals surface area (Å²) < 4.78 is 0.963. The first-order valence-electron chi connectivity index (χ1n) is 4.86. The molecule has 0 radical (unpaired) electrons. The van der Waals surface area contributed by atoms with Gasteiger partial charge in [-0.1, -0.05) is 50.3 Å². The van der Waals surface area contributed by atoms with Crippen molar-refractivity contribution in [2.75, 3.05) is 7.05 Å². The van der Waals surface area contributed by atoms with Crippen molar-refractivity contribution in [3.05, 3.63) is 35.4 Å². The molecule has 0 unspecified atom stereocenters. The maximum Gasteiger partial charge on any atom is 0.0780 e. The van der Waals surface area contributed by atoms with Gasteiger partial charge in [0.05, 0.1) is 4.20 Å². The Morgan fingerprint density at radius 1 is 1.33 bits per heavy atom. The van der Waals surface area contributed by atoms with Crippen LogP contribution in [0, 0.1) is 0 Å². The van der Waals surface area contributed by atoms with Gasteiger partial charge in [-0.15, -0.1) is 11.8 Å². The zero-order valence-corrected chi connectivity index (χ0v) is 10.9. The van der Waals surface area contributed by atoms with Crippen molar-refractivity contribution in [3.63, 3.8) is 0 Å². The first-order chi connectivity index (χ1) is 7.13. The van der Waals surface area contributed by atoms with Crippen molar-refractivity contribution >= 4 is 34.4 Å². The predicted molar refractivity (Wildman–Crippen MR) is 74.4 cm³/mol. The minimum absolute atomic E-state index is 0.536. The van der Waals surface area contributed by atoms with Gasteiger partial charge in [-0.25, -0.2) is 0 Å². The minimum atomic E-state index is 0.536. The van der Waals surface area contributed by atoms with Crippen molar-refractivity contribution in [1.29, 1.82) is 0 Å². The molecule has 0 aliphatic heterocycles. The van der Waals surface area contributed by atoms with Crippen LogP contribution in [0.2, 0.25) is 0 Å². The number of thiocarbonyl (C=S) groups is 1. The second-order valence-electron chi connectivity index (χ2n) is 3.46. The van der Waals surface area contributed by atoms with Crippen LogP contribution in [0.3, 0.4) is 0 Å². The molecule has 3 heteroatoms. The van der Waals surface area contributed by atoms with Gasteiger partial charge in [0.1, 0.15) is 0 Å². The molecule has 0 saturated heterocycles. The van der Waals surface area contributed by atoms with Crippen LogP contribution < -0.4 is 0 Å². The molecule has 1 nitrogen and oxygen atoms in total. The van der Waals surface area contributed by atoms with Gasteiger partial charge in [0.2, 0.25) is 0 Å². The Morgan fingerprint density at radius 3 is 2.40 bits per heavy atom. The average Bonchev–Trinajstić information content (AvgIpc) is 2.18. The molecule has 1 aromatic rings. The zero-order valence-electron chi connectivity index (χ0n) is 9.23. The summed E-state index contributed by atoms with van der Waals surface area (Å²) in [6.07, 6.45) is 1.84. The summed E-state index contributed by atoms with van der Waals surface area (Å²) in [5.41, 5.74) is 2.23. The summed E-state index contributed by atoms with van der Waals surface area (Å²) in [4.78, 5) is 3.97. The quantitative estimate of drug-likeness (QED) is 0.589. The van der Waals surface area contributed by atoms with Gasteiger partial charge < -0.3 is 0 Å². The van der Waals surface area contributed by atoms with Crippen molar-refractivity contribution < 1.29 is 0 Å². The van der Waals surface area contributed by atoms with Crippen molar-refractivity contribution in [1.82, 2.24) is 0 Å². The molecule has 0 heterocycles. The van der Waals surface area contributed by atoms with Crippen LogP contribution in [0.4, 0.5) is 0 Å². The van der Waals surface area contributed by atoms with Gasteiger partial charge in [-0.05, 0) is 11.1 Å². The molecule has 0 N–H and O–H groups in total. The van der Waals surface area contributed by atoms with Crippen LogP contribution in [0.1, 0.15) is 25.0 Å². The average molecular weight is 237 g/mol. The Balaban J connectivity index is 2.75. The standard InChI is InChI=1S/C12H15NS2/c1-9(2)15-12(14)11-6-4-10(5-7-11)8-13-3/h4-9H,1-3H3. The van der Waals surface area contributed by atoms with Crippen LogP contribution in [0.5, 0.6) is 0 Å². The first-order valence-corrected chi connectivity index (χ1v) is 6.15. The fourth-order valence-corrected chi connectivity index (χ4v) is 2.55. The smallest absolute Gasteiger partial charge is 0.0780 e. The van der Waals surface area contributed by atoms with Gasteiger partial charge in [-0.3, -0.25) is 4.99 Å². The lowest BCUT2D eigenvalue weighted by Crippen LogP contribution is -1.97. The van der Waals surface area contributed by atoms with Crippen molar-refractivity contribution in [3.8, 4) is 0 Å². The van der Waals surface area contributed by atoms with Gasteiger partial charge in [-0.2, -0.15) is 0 Å². The molecule has 1 rings (SSSR count). The molecule has 15 heavy (non-hydrogen) atoms. The summed E-state index contributed by atoms with van der Waals surface area (Å²) in [7, 11) is 1.77. The molecule has 0 aromatic heterocycles. The Bertz CT molecular complexity index is 352. The van der Waals surface area contributed by atoms with E-state index in [0.29, 0.717) is 5.25 Å². The van der Waals surface area contributed by atoms with E-state index in [2.05, 4.69) is 31.0 Å². The largest absolute Gasteiger partial charge is 0.296 e. The summed E-state index contributed by atoms with van der Waals surface area (Å²) in [6.45, 7) is 4.30. The SMILES string of the molecule is CN=Cc1ccc(C(=S)SC(C)C)cc1. The minimum Gasteiger partial charge on any atom is -0.296 e. The van der Waals surface area contributed by atoms with Gasteiger partial charge in [0.15, 0.2) is 0 Å². The topological polar surface area (TPSA) is 12.4 Å². The third-order valence-electron chi connectivity index (χ3n) is 1.77. The van der Waals surface area contributed by atoms with E-state index in [1.54, 1.807) is 18.8 Å². The first kappa shape index (κ1) is 12.4. The fourth-order valence-electron chi connectivity index (χ4n) is 1.14. The van der Waals surface area contributed by atoms with Gasteiger partial charge >= 0.3 is 0 Å². The Morgan fingerprint density at radius 2 is 1.93 bits per heavy atom. The van der Waals surface area contributed by atoms with Crippen LogP contribution in [-0.4, -0.2) is 22.7 Å². The Hall–Kier alpha value is -0.670. The van der Waals surface area contributed by atoms with E-state index in [-0.39, 0.29) is 0 Å². The van der Waals surface area contributed by atoms with Gasteiger partial charge in [0.25, 0.3) is 0 Å². The van der Waals surface area contributed by atoms with E-state index >= 15 is 0 Å². The van der Waals surface area contributed by atoms with E-state index in [4.69, 9.17) is 12.2 Å². The number of nitrogens with zero attached hydrogens (tertiary/aromatic N) is 1. The van der Waals surface area contributed by atoms with Crippen LogP contribution in [-0.2, 0) is 0 Å². The number of rotatable bonds is 3. The molecular formula is C12H15NS2. The Kier molecular flexibility index (Phi) is 4.99. The molecule has 80 valence electrons. The van der Waals surface area contributed by atoms with Gasteiger partial charge in [0, 0.05) is 18.5 Å². The van der Waals surface area contributed by atoms with E-state index < -0.39 is 0 Å². The molecule has 0 saturated carbocycles. The number of aliphatic imine (C=N–C) groups is 1. The molecule has 0 bridgehead atoms. The lowest BCUT2D eigenvalue weighted by atomic mass is 10.2. The molecule has 0 fully saturated rings. The summed E-state index contributed by atoms with van der Waals surface area (Å²) >= 11 is 7.06. The van der Waals surface area contributed by atoms with E-state index in [0.717, 1.165) is 15.3 Å². The highest BCUT2D eigenvalue weighted by Gasteiger charge is 2.04. The molecular weight excluding hydrogens is 222 g/mol. The number of hydrogen-bond acceptors (Lipinski definition) is 3. The summed E-state index contributed by atoms with van der Waals surface area (Å²) in [5.74, 6) is 0. The number of thioether (sulfide) groups is 1. The highest BCUT2D eigenvalue weighted by molar-refractivity contribution is 8.24. The van der Waals surface area contributed by atoms with Crippen LogP contribution >= 0.6 is 24.0 Å². The van der Waals surface area contributed by atoms with Crippen molar-refractivity contribution in [2.24, 2.45) is 4.99 Å². The second kappa shape index (κ2) is 6.03. The third kappa shape index (κ3) is 4.14. The lowest BCUT2D eigenvalue weighted by molar-refractivity contribution is 1.12. The summed E-state index contributed by atoms with van der Waals surface area (Å²) in [5, 5.41) is 0.536. The second-order valence-corrected chi connectivity index (χ2v) is 5.72. The highest BCUT2D eigenvalue weighted by atomic mass is 32.2. The number of hydrogen-bond donors (Lipinski definition) is 0. The monoisotopic (exact) mass is 237 g/mol. The van der Waals surface area contributed by atoms with Crippen LogP contribution in [0.15, 0.2) is 29.3 Å². The molecule has 0 spiro atoms. The number of benzene rings is 1. The molecule has 0 amide bonds. The lowest BCUT2D eigenvalue weighted by Gasteiger charge is -2.06.